The van der Waals surface area contributed by atoms with Crippen LogP contribution in [-0.4, -0.2) is 18.4 Å². The van der Waals surface area contributed by atoms with Crippen molar-refractivity contribution in [3.05, 3.63) is 89.5 Å². The van der Waals surface area contributed by atoms with E-state index in [9.17, 15) is 9.59 Å². The molecule has 2 N–H and O–H groups in total. The second-order valence-electron chi connectivity index (χ2n) is 7.50. The molecule has 148 valence electrons. The third-order valence-electron chi connectivity index (χ3n) is 5.59. The Morgan fingerprint density at radius 3 is 2.69 bits per heavy atom. The Balaban J connectivity index is 1.60. The third-order valence-corrected chi connectivity index (χ3v) is 5.59. The van der Waals surface area contributed by atoms with E-state index >= 15 is 0 Å². The number of Topliss-reactive ketones (excluding diaryl/α,β-unsaturated/α-hetero) is 1. The molecule has 1 aromatic carbocycles. The maximum Gasteiger partial charge on any atom is 0.316 e. The number of benzene rings is 1. The Labute approximate surface area is 170 Å². The van der Waals surface area contributed by atoms with Crippen LogP contribution in [-0.2, 0) is 20.7 Å². The van der Waals surface area contributed by atoms with Crippen LogP contribution in [0.3, 0.4) is 0 Å². The average Bonchev–Trinajstić information content (AvgIpc) is 2.74. The summed E-state index contributed by atoms with van der Waals surface area (Å²) in [6.45, 7) is 4.39. The number of H-pyrrole nitrogens is 1. The lowest BCUT2D eigenvalue weighted by Gasteiger charge is -2.36. The van der Waals surface area contributed by atoms with Gasteiger partial charge in [-0.15, -0.1) is 0 Å². The molecule has 2 unspecified atom stereocenters. The van der Waals surface area contributed by atoms with Crippen LogP contribution in [0, 0.1) is 5.92 Å². The summed E-state index contributed by atoms with van der Waals surface area (Å²) in [6, 6.07) is 15.6. The molecule has 2 aromatic rings. The van der Waals surface area contributed by atoms with Gasteiger partial charge in [-0.05, 0) is 18.4 Å². The number of allylic oxidation sites excluding steroid dienone is 2. The number of hydrogen-bond donors (Lipinski definition) is 1. The molecule has 4 rings (SSSR count). The van der Waals surface area contributed by atoms with Crippen molar-refractivity contribution in [3.8, 4) is 0 Å². The number of carbonyl (C=O) groups is 2. The van der Waals surface area contributed by atoms with Crippen LogP contribution in [0.15, 0.2) is 78.3 Å². The number of hydrogen-bond acceptors (Lipinski definition) is 4. The fourth-order valence-electron chi connectivity index (χ4n) is 4.21. The molecule has 2 aliphatic rings. The van der Waals surface area contributed by atoms with Gasteiger partial charge in [0, 0.05) is 41.9 Å². The van der Waals surface area contributed by atoms with Crippen LogP contribution < -0.4 is 10.3 Å². The summed E-state index contributed by atoms with van der Waals surface area (Å²) in [5, 5.41) is 3.24. The van der Waals surface area contributed by atoms with Crippen molar-refractivity contribution in [1.29, 1.82) is 0 Å². The molecule has 29 heavy (non-hydrogen) atoms. The Kier molecular flexibility index (Phi) is 5.56. The van der Waals surface area contributed by atoms with Gasteiger partial charge in [0.05, 0.1) is 12.5 Å². The zero-order valence-corrected chi connectivity index (χ0v) is 16.3. The van der Waals surface area contributed by atoms with Crippen LogP contribution >= 0.6 is 0 Å². The molecule has 5 nitrogen and oxygen atoms in total. The molecule has 0 fully saturated rings. The molecule has 1 aromatic heterocycles. The molecule has 0 amide bonds. The SMILES string of the molecule is C=C1NC2=C(C(=O)CCC2)C(c2cccc[nH+]2)C1C(=O)OCCc1ccccc1. The Hall–Kier alpha value is -3.21. The summed E-state index contributed by atoms with van der Waals surface area (Å²) in [5.41, 5.74) is 4.10. The van der Waals surface area contributed by atoms with Crippen molar-refractivity contribution >= 4 is 11.8 Å². The number of pyridine rings is 1. The lowest BCUT2D eigenvalue weighted by Crippen LogP contribution is -2.42. The van der Waals surface area contributed by atoms with E-state index in [1.807, 2.05) is 54.7 Å². The molecular formula is C24H25N2O3+. The minimum absolute atomic E-state index is 0.0931. The van der Waals surface area contributed by atoms with Crippen LogP contribution in [0.2, 0.25) is 0 Å². The second-order valence-corrected chi connectivity index (χ2v) is 7.50. The van der Waals surface area contributed by atoms with E-state index in [1.54, 1.807) is 0 Å². The minimum atomic E-state index is -0.648. The van der Waals surface area contributed by atoms with Gasteiger partial charge in [0.2, 0.25) is 0 Å². The molecule has 0 spiro atoms. The zero-order valence-electron chi connectivity index (χ0n) is 16.3. The van der Waals surface area contributed by atoms with Crippen LogP contribution in [0.25, 0.3) is 0 Å². The van der Waals surface area contributed by atoms with Crippen molar-refractivity contribution in [2.75, 3.05) is 6.61 Å². The molecule has 0 saturated carbocycles. The monoisotopic (exact) mass is 389 g/mol. The maximum atomic E-state index is 13.1. The molecular weight excluding hydrogens is 364 g/mol. The Morgan fingerprint density at radius 1 is 1.14 bits per heavy atom. The second kappa shape index (κ2) is 8.43. The van der Waals surface area contributed by atoms with Gasteiger partial charge < -0.3 is 10.1 Å². The summed E-state index contributed by atoms with van der Waals surface area (Å²) in [6.07, 6.45) is 4.57. The predicted octanol–water partition coefficient (Wildman–Crippen LogP) is 3.11. The average molecular weight is 389 g/mol. The lowest BCUT2D eigenvalue weighted by molar-refractivity contribution is -0.392. The zero-order chi connectivity index (χ0) is 20.2. The highest BCUT2D eigenvalue weighted by Crippen LogP contribution is 2.43. The van der Waals surface area contributed by atoms with Gasteiger partial charge in [0.1, 0.15) is 5.92 Å². The smallest absolute Gasteiger partial charge is 0.316 e. The fourth-order valence-corrected chi connectivity index (χ4v) is 4.21. The van der Waals surface area contributed by atoms with E-state index in [4.69, 9.17) is 4.74 Å². The van der Waals surface area contributed by atoms with E-state index in [0.29, 0.717) is 24.1 Å². The van der Waals surface area contributed by atoms with Gasteiger partial charge in [-0.2, -0.15) is 0 Å². The van der Waals surface area contributed by atoms with Crippen molar-refractivity contribution in [2.24, 2.45) is 5.92 Å². The van der Waals surface area contributed by atoms with Crippen molar-refractivity contribution in [3.63, 3.8) is 0 Å². The predicted molar refractivity (Wildman–Crippen MR) is 108 cm³/mol. The van der Waals surface area contributed by atoms with Gasteiger partial charge in [-0.25, -0.2) is 4.98 Å². The maximum absolute atomic E-state index is 13.1. The number of ether oxygens (including phenoxy) is 1. The first-order valence-corrected chi connectivity index (χ1v) is 10.0. The number of carbonyl (C=O) groups excluding carboxylic acids is 2. The van der Waals surface area contributed by atoms with E-state index < -0.39 is 11.8 Å². The summed E-state index contributed by atoms with van der Waals surface area (Å²) in [5.74, 6) is -1.32. The number of aromatic amines is 1. The van der Waals surface area contributed by atoms with Crippen molar-refractivity contribution in [1.82, 2.24) is 5.32 Å². The van der Waals surface area contributed by atoms with Gasteiger partial charge in [-0.1, -0.05) is 43.0 Å². The van der Waals surface area contributed by atoms with Crippen molar-refractivity contribution in [2.45, 2.75) is 31.6 Å². The number of aromatic nitrogens is 1. The summed E-state index contributed by atoms with van der Waals surface area (Å²) in [7, 11) is 0. The minimum Gasteiger partial charge on any atom is -0.465 e. The third kappa shape index (κ3) is 3.99. The van der Waals surface area contributed by atoms with E-state index in [1.165, 1.54) is 0 Å². The number of rotatable bonds is 5. The van der Waals surface area contributed by atoms with E-state index in [-0.39, 0.29) is 18.4 Å². The lowest BCUT2D eigenvalue weighted by atomic mass is 9.73. The molecule has 2 heterocycles. The number of nitrogens with one attached hydrogen (secondary N) is 2. The fraction of sp³-hybridized carbons (Fsp3) is 0.292. The van der Waals surface area contributed by atoms with Gasteiger partial charge >= 0.3 is 5.97 Å². The highest BCUT2D eigenvalue weighted by Gasteiger charge is 2.46. The molecule has 1 aliphatic heterocycles. The molecule has 1 aliphatic carbocycles. The first kappa shape index (κ1) is 19.1. The standard InChI is InChI=1S/C24H24N2O3/c1-16-21(24(28)29-15-13-17-8-3-2-4-9-17)23(18-10-5-6-14-25-18)22-19(26-16)11-7-12-20(22)27/h2-6,8-10,14,21,23,26H,1,7,11-13,15H2/p+1. The Morgan fingerprint density at radius 2 is 1.93 bits per heavy atom. The highest BCUT2D eigenvalue weighted by molar-refractivity contribution is 6.00. The van der Waals surface area contributed by atoms with E-state index in [0.717, 1.165) is 29.8 Å². The van der Waals surface area contributed by atoms with Crippen molar-refractivity contribution < 1.29 is 19.3 Å². The van der Waals surface area contributed by atoms with Crippen LogP contribution in [0.4, 0.5) is 0 Å². The van der Waals surface area contributed by atoms with Gasteiger partial charge in [0.25, 0.3) is 0 Å². The highest BCUT2D eigenvalue weighted by atomic mass is 16.5. The van der Waals surface area contributed by atoms with Gasteiger partial charge in [-0.3, -0.25) is 9.59 Å². The summed E-state index contributed by atoms with van der Waals surface area (Å²) in [4.78, 5) is 29.1. The molecule has 0 bridgehead atoms. The molecule has 0 saturated heterocycles. The Bertz CT molecular complexity index is 951. The van der Waals surface area contributed by atoms with Crippen LogP contribution in [0.5, 0.6) is 0 Å². The largest absolute Gasteiger partial charge is 0.465 e. The molecule has 2 atom stereocenters. The van der Waals surface area contributed by atoms with Crippen LogP contribution in [0.1, 0.15) is 36.4 Å². The summed E-state index contributed by atoms with van der Waals surface area (Å²) < 4.78 is 5.64. The normalized spacial score (nSPS) is 21.4. The topological polar surface area (TPSA) is 69.5 Å². The molecule has 0 radical (unpaired) electrons. The summed E-state index contributed by atoms with van der Waals surface area (Å²) >= 11 is 0. The van der Waals surface area contributed by atoms with E-state index in [2.05, 4.69) is 16.9 Å². The first-order chi connectivity index (χ1) is 14.1. The number of esters is 1. The number of ketones is 1. The quantitative estimate of drug-likeness (QED) is 0.798. The first-order valence-electron chi connectivity index (χ1n) is 10.0. The molecule has 5 heteroatoms. The van der Waals surface area contributed by atoms with Gasteiger partial charge in [0.15, 0.2) is 17.7 Å².